The van der Waals surface area contributed by atoms with E-state index in [1.165, 1.54) is 0 Å². The second kappa shape index (κ2) is 8.84. The Kier molecular flexibility index (Phi) is 7.75. The Balaban J connectivity index is 0.00000264. The first-order valence-electron chi connectivity index (χ1n) is 7.39. The molecule has 2 heterocycles. The molecular formula is C13H26ClN5O3S. The summed E-state index contributed by atoms with van der Waals surface area (Å²) in [5.41, 5.74) is 2.15. The Morgan fingerprint density at radius 3 is 2.52 bits per heavy atom. The molecule has 0 atom stereocenters. The summed E-state index contributed by atoms with van der Waals surface area (Å²) in [6.07, 6.45) is 1.16. The summed E-state index contributed by atoms with van der Waals surface area (Å²) < 4.78 is 31.8. The van der Waals surface area contributed by atoms with Gasteiger partial charge in [-0.05, 0) is 6.92 Å². The van der Waals surface area contributed by atoms with Crippen molar-refractivity contribution in [1.82, 2.24) is 19.8 Å². The fourth-order valence-corrected chi connectivity index (χ4v) is 3.08. The number of nitrogens with zero attached hydrogens (tertiary/aromatic N) is 3. The van der Waals surface area contributed by atoms with Gasteiger partial charge >= 0.3 is 0 Å². The van der Waals surface area contributed by atoms with Crippen molar-refractivity contribution >= 4 is 28.2 Å². The minimum Gasteiger partial charge on any atom is -0.378 e. The monoisotopic (exact) mass is 367 g/mol. The van der Waals surface area contributed by atoms with E-state index in [-0.39, 0.29) is 12.4 Å². The maximum atomic E-state index is 11.0. The van der Waals surface area contributed by atoms with Crippen molar-refractivity contribution in [1.29, 1.82) is 0 Å². The molecule has 10 heteroatoms. The van der Waals surface area contributed by atoms with Crippen LogP contribution < -0.4 is 14.9 Å². The van der Waals surface area contributed by atoms with Crippen LogP contribution in [0.4, 0.5) is 5.82 Å². The number of hydrogen-bond donors (Lipinski definition) is 2. The van der Waals surface area contributed by atoms with Crippen LogP contribution in [-0.4, -0.2) is 63.8 Å². The van der Waals surface area contributed by atoms with Gasteiger partial charge in [0.25, 0.3) is 0 Å². The van der Waals surface area contributed by atoms with E-state index in [4.69, 9.17) is 4.74 Å². The standard InChI is InChI=1S/C13H25N5O3S.ClH/c1-11-12(10-14-4-5-15-22(3,19)20)13(17(2)16-11)18-6-8-21-9-7-18;/h14-15H,4-10H2,1-3H3;1H. The lowest BCUT2D eigenvalue weighted by Crippen LogP contribution is -2.38. The van der Waals surface area contributed by atoms with Gasteiger partial charge < -0.3 is 15.0 Å². The highest BCUT2D eigenvalue weighted by Gasteiger charge is 2.20. The van der Waals surface area contributed by atoms with E-state index < -0.39 is 10.0 Å². The van der Waals surface area contributed by atoms with Gasteiger partial charge in [0.1, 0.15) is 5.82 Å². The largest absolute Gasteiger partial charge is 0.378 e. The molecule has 0 spiro atoms. The van der Waals surface area contributed by atoms with E-state index in [1.807, 2.05) is 18.7 Å². The highest BCUT2D eigenvalue weighted by atomic mass is 35.5. The van der Waals surface area contributed by atoms with E-state index in [2.05, 4.69) is 20.0 Å². The SMILES string of the molecule is Cc1nn(C)c(N2CCOCC2)c1CNCCNS(C)(=O)=O.Cl. The van der Waals surface area contributed by atoms with E-state index in [0.717, 1.165) is 49.6 Å². The van der Waals surface area contributed by atoms with Crippen LogP contribution in [0.15, 0.2) is 0 Å². The van der Waals surface area contributed by atoms with Crippen LogP contribution in [0.3, 0.4) is 0 Å². The van der Waals surface area contributed by atoms with Crippen LogP contribution in [0.25, 0.3) is 0 Å². The lowest BCUT2D eigenvalue weighted by Gasteiger charge is -2.29. The van der Waals surface area contributed by atoms with Gasteiger partial charge in [-0.1, -0.05) is 0 Å². The van der Waals surface area contributed by atoms with Crippen LogP contribution in [0.2, 0.25) is 0 Å². The van der Waals surface area contributed by atoms with Gasteiger partial charge in [-0.3, -0.25) is 4.68 Å². The Hall–Kier alpha value is -0.870. The Morgan fingerprint density at radius 1 is 1.26 bits per heavy atom. The summed E-state index contributed by atoms with van der Waals surface area (Å²) in [4.78, 5) is 2.29. The van der Waals surface area contributed by atoms with Crippen LogP contribution in [0.5, 0.6) is 0 Å². The first-order chi connectivity index (χ1) is 10.4. The molecule has 0 unspecified atom stereocenters. The molecule has 1 aliphatic rings. The third-order valence-electron chi connectivity index (χ3n) is 3.59. The summed E-state index contributed by atoms with van der Waals surface area (Å²) in [5, 5.41) is 7.78. The molecule has 2 N–H and O–H groups in total. The van der Waals surface area contributed by atoms with Crippen molar-refractivity contribution < 1.29 is 13.2 Å². The first-order valence-corrected chi connectivity index (χ1v) is 9.28. The van der Waals surface area contributed by atoms with Gasteiger partial charge in [-0.15, -0.1) is 12.4 Å². The lowest BCUT2D eigenvalue weighted by molar-refractivity contribution is 0.122. The number of sulfonamides is 1. The second-order valence-electron chi connectivity index (χ2n) is 5.45. The number of hydrogen-bond acceptors (Lipinski definition) is 6. The Bertz CT molecular complexity index is 599. The number of anilines is 1. The van der Waals surface area contributed by atoms with Gasteiger partial charge in [0.05, 0.1) is 25.2 Å². The predicted octanol–water partition coefficient (Wildman–Crippen LogP) is -0.374. The van der Waals surface area contributed by atoms with Crippen molar-refractivity contribution in [2.45, 2.75) is 13.5 Å². The molecular weight excluding hydrogens is 342 g/mol. The topological polar surface area (TPSA) is 88.5 Å². The number of halogens is 1. The maximum Gasteiger partial charge on any atom is 0.208 e. The maximum absolute atomic E-state index is 11.0. The smallest absolute Gasteiger partial charge is 0.208 e. The van der Waals surface area contributed by atoms with Gasteiger partial charge in [0.2, 0.25) is 10.0 Å². The number of ether oxygens (including phenoxy) is 1. The average molecular weight is 368 g/mol. The average Bonchev–Trinajstić information content (AvgIpc) is 2.72. The minimum absolute atomic E-state index is 0. The van der Waals surface area contributed by atoms with Crippen LogP contribution >= 0.6 is 12.4 Å². The molecule has 1 fully saturated rings. The predicted molar refractivity (Wildman–Crippen MR) is 92.8 cm³/mol. The van der Waals surface area contributed by atoms with E-state index in [9.17, 15) is 8.42 Å². The molecule has 2 rings (SSSR count). The van der Waals surface area contributed by atoms with Gasteiger partial charge in [0.15, 0.2) is 0 Å². The minimum atomic E-state index is -3.13. The molecule has 0 bridgehead atoms. The Labute approximate surface area is 144 Å². The van der Waals surface area contributed by atoms with E-state index in [0.29, 0.717) is 19.6 Å². The van der Waals surface area contributed by atoms with E-state index in [1.54, 1.807) is 0 Å². The number of nitrogens with one attached hydrogen (secondary N) is 2. The van der Waals surface area contributed by atoms with Crippen molar-refractivity contribution in [3.63, 3.8) is 0 Å². The van der Waals surface area contributed by atoms with Crippen molar-refractivity contribution in [2.24, 2.45) is 7.05 Å². The molecule has 0 radical (unpaired) electrons. The zero-order chi connectivity index (χ0) is 16.2. The Morgan fingerprint density at radius 2 is 1.91 bits per heavy atom. The highest BCUT2D eigenvalue weighted by molar-refractivity contribution is 7.88. The second-order valence-corrected chi connectivity index (χ2v) is 7.29. The van der Waals surface area contributed by atoms with Crippen LogP contribution in [0, 0.1) is 6.92 Å². The molecule has 134 valence electrons. The molecule has 0 aromatic carbocycles. The fourth-order valence-electron chi connectivity index (χ4n) is 2.61. The molecule has 1 saturated heterocycles. The molecule has 1 aliphatic heterocycles. The van der Waals surface area contributed by atoms with Crippen LogP contribution in [-0.2, 0) is 28.4 Å². The van der Waals surface area contributed by atoms with Crippen LogP contribution in [0.1, 0.15) is 11.3 Å². The van der Waals surface area contributed by atoms with Crippen molar-refractivity contribution in [3.05, 3.63) is 11.3 Å². The van der Waals surface area contributed by atoms with E-state index >= 15 is 0 Å². The number of morpholine rings is 1. The number of rotatable bonds is 7. The first kappa shape index (κ1) is 20.2. The summed E-state index contributed by atoms with van der Waals surface area (Å²) in [6, 6.07) is 0. The number of aromatic nitrogens is 2. The zero-order valence-corrected chi connectivity index (χ0v) is 15.5. The molecule has 8 nitrogen and oxygen atoms in total. The zero-order valence-electron chi connectivity index (χ0n) is 13.8. The quantitative estimate of drug-likeness (QED) is 0.639. The third kappa shape index (κ3) is 5.92. The third-order valence-corrected chi connectivity index (χ3v) is 4.32. The van der Waals surface area contributed by atoms with Gasteiger partial charge in [-0.25, -0.2) is 13.1 Å². The molecule has 1 aromatic heterocycles. The molecule has 23 heavy (non-hydrogen) atoms. The molecule has 1 aromatic rings. The normalized spacial score (nSPS) is 15.5. The van der Waals surface area contributed by atoms with Gasteiger partial charge in [-0.2, -0.15) is 5.10 Å². The summed E-state index contributed by atoms with van der Waals surface area (Å²) in [7, 11) is -1.18. The lowest BCUT2D eigenvalue weighted by atomic mass is 10.2. The van der Waals surface area contributed by atoms with Crippen molar-refractivity contribution in [3.8, 4) is 0 Å². The summed E-state index contributed by atoms with van der Waals surface area (Å²) in [6.45, 7) is 6.80. The molecule has 0 aliphatic carbocycles. The highest BCUT2D eigenvalue weighted by Crippen LogP contribution is 2.23. The summed E-state index contributed by atoms with van der Waals surface area (Å²) >= 11 is 0. The number of aryl methyl sites for hydroxylation is 2. The molecule has 0 saturated carbocycles. The fraction of sp³-hybridized carbons (Fsp3) is 0.769. The summed E-state index contributed by atoms with van der Waals surface area (Å²) in [5.74, 6) is 1.12. The van der Waals surface area contributed by atoms with Crippen molar-refractivity contribution in [2.75, 3.05) is 50.5 Å². The molecule has 0 amide bonds. The van der Waals surface area contributed by atoms with Gasteiger partial charge in [0, 0.05) is 45.3 Å².